The summed E-state index contributed by atoms with van der Waals surface area (Å²) < 4.78 is 33.3. The van der Waals surface area contributed by atoms with Gasteiger partial charge in [0.05, 0.1) is 18.5 Å². The number of anilines is 1. The Morgan fingerprint density at radius 3 is 2.58 bits per heavy atom. The number of hydrogen-bond donors (Lipinski definition) is 0. The third kappa shape index (κ3) is 4.96. The number of rotatable bonds is 5. The molecule has 0 amide bonds. The molecule has 0 saturated heterocycles. The van der Waals surface area contributed by atoms with E-state index in [0.717, 1.165) is 17.5 Å². The van der Waals surface area contributed by atoms with Gasteiger partial charge in [-0.1, -0.05) is 34.8 Å². The van der Waals surface area contributed by atoms with Crippen LogP contribution in [-0.4, -0.2) is 33.9 Å². The lowest BCUT2D eigenvalue weighted by atomic mass is 10.1. The zero-order valence-electron chi connectivity index (χ0n) is 13.8. The van der Waals surface area contributed by atoms with E-state index in [1.54, 1.807) is 36.4 Å². The Kier molecular flexibility index (Phi) is 5.89. The van der Waals surface area contributed by atoms with E-state index >= 15 is 0 Å². The Morgan fingerprint density at radius 1 is 1.15 bits per heavy atom. The maximum absolute atomic E-state index is 11.3. The van der Waals surface area contributed by atoms with E-state index in [4.69, 9.17) is 43.7 Å². The van der Waals surface area contributed by atoms with Crippen molar-refractivity contribution < 1.29 is 17.3 Å². The van der Waals surface area contributed by atoms with E-state index < -0.39 is 16.2 Å². The second-order valence-electron chi connectivity index (χ2n) is 5.96. The Labute approximate surface area is 167 Å². The zero-order valence-corrected chi connectivity index (χ0v) is 16.9. The first-order valence-electron chi connectivity index (χ1n) is 7.71. The highest BCUT2D eigenvalue weighted by molar-refractivity contribution is 7.85. The topological polar surface area (TPSA) is 55.8 Å². The predicted octanol–water partition coefficient (Wildman–Crippen LogP) is 4.39. The van der Waals surface area contributed by atoms with E-state index in [-0.39, 0.29) is 6.61 Å². The minimum absolute atomic E-state index is 0.0827. The van der Waals surface area contributed by atoms with E-state index in [1.165, 1.54) is 0 Å². The maximum atomic E-state index is 11.3. The SMILES string of the molecule is CS(=O)(=O)OC[C@@H]1CN(Cc2cc(Cl)ccc2Cl)c2cc(Cl)ccc2O1. The lowest BCUT2D eigenvalue weighted by Crippen LogP contribution is -2.42. The molecule has 0 radical (unpaired) electrons. The minimum Gasteiger partial charge on any atom is -0.484 e. The molecule has 0 aromatic heterocycles. The van der Waals surface area contributed by atoms with Crippen LogP contribution in [0.2, 0.25) is 15.1 Å². The number of hydrogen-bond acceptors (Lipinski definition) is 5. The van der Waals surface area contributed by atoms with Crippen molar-refractivity contribution in [2.45, 2.75) is 12.6 Å². The van der Waals surface area contributed by atoms with Crippen molar-refractivity contribution in [3.8, 4) is 5.75 Å². The summed E-state index contributed by atoms with van der Waals surface area (Å²) in [6.45, 7) is 0.790. The van der Waals surface area contributed by atoms with Gasteiger partial charge in [0.15, 0.2) is 0 Å². The van der Waals surface area contributed by atoms with Crippen LogP contribution >= 0.6 is 34.8 Å². The first kappa shape index (κ1) is 19.6. The van der Waals surface area contributed by atoms with Crippen LogP contribution in [0.25, 0.3) is 0 Å². The van der Waals surface area contributed by atoms with E-state index in [9.17, 15) is 8.42 Å². The largest absolute Gasteiger partial charge is 0.484 e. The molecule has 1 aliphatic rings. The molecule has 0 bridgehead atoms. The number of fused-ring (bicyclic) bond motifs is 1. The van der Waals surface area contributed by atoms with Gasteiger partial charge in [-0.15, -0.1) is 0 Å². The fourth-order valence-corrected chi connectivity index (χ4v) is 3.64. The average molecular weight is 437 g/mol. The molecular formula is C17H16Cl3NO4S. The van der Waals surface area contributed by atoms with E-state index in [2.05, 4.69) is 0 Å². The first-order chi connectivity index (χ1) is 12.2. The third-order valence-corrected chi connectivity index (χ3v) is 5.22. The lowest BCUT2D eigenvalue weighted by molar-refractivity contribution is 0.128. The van der Waals surface area contributed by atoms with Crippen LogP contribution in [0.3, 0.4) is 0 Å². The van der Waals surface area contributed by atoms with Gasteiger partial charge in [0, 0.05) is 21.6 Å². The molecule has 1 heterocycles. The van der Waals surface area contributed by atoms with Crippen LogP contribution in [0.4, 0.5) is 5.69 Å². The van der Waals surface area contributed by atoms with Gasteiger partial charge in [-0.25, -0.2) is 0 Å². The van der Waals surface area contributed by atoms with Gasteiger partial charge in [-0.2, -0.15) is 8.42 Å². The van der Waals surface area contributed by atoms with Crippen molar-refractivity contribution in [3.63, 3.8) is 0 Å². The van der Waals surface area contributed by atoms with Crippen LogP contribution in [0.15, 0.2) is 36.4 Å². The molecule has 2 aromatic rings. The fourth-order valence-electron chi connectivity index (χ4n) is 2.70. The average Bonchev–Trinajstić information content (AvgIpc) is 2.56. The van der Waals surface area contributed by atoms with Gasteiger partial charge in [0.1, 0.15) is 18.5 Å². The van der Waals surface area contributed by atoms with Crippen molar-refractivity contribution in [2.24, 2.45) is 0 Å². The molecule has 1 aliphatic heterocycles. The molecule has 1 atom stereocenters. The molecule has 5 nitrogen and oxygen atoms in total. The van der Waals surface area contributed by atoms with Crippen molar-refractivity contribution in [1.29, 1.82) is 0 Å². The molecule has 0 aliphatic carbocycles. The molecule has 0 fully saturated rings. The molecule has 0 unspecified atom stereocenters. The maximum Gasteiger partial charge on any atom is 0.264 e. The van der Waals surface area contributed by atoms with Crippen molar-refractivity contribution >= 4 is 50.6 Å². The van der Waals surface area contributed by atoms with E-state index in [0.29, 0.717) is 33.9 Å². The summed E-state index contributed by atoms with van der Waals surface area (Å²) in [4.78, 5) is 2.01. The Balaban J connectivity index is 1.89. The van der Waals surface area contributed by atoms with Crippen LogP contribution in [0.1, 0.15) is 5.56 Å². The van der Waals surface area contributed by atoms with Gasteiger partial charge < -0.3 is 9.64 Å². The van der Waals surface area contributed by atoms with Gasteiger partial charge in [-0.05, 0) is 42.0 Å². The second kappa shape index (κ2) is 7.82. The van der Waals surface area contributed by atoms with E-state index in [1.807, 2.05) is 4.90 Å². The molecule has 3 rings (SSSR count). The summed E-state index contributed by atoms with van der Waals surface area (Å²) in [6.07, 6.45) is 0.545. The molecule has 0 saturated carbocycles. The molecule has 9 heteroatoms. The van der Waals surface area contributed by atoms with Crippen LogP contribution < -0.4 is 9.64 Å². The highest BCUT2D eigenvalue weighted by Crippen LogP contribution is 2.37. The lowest BCUT2D eigenvalue weighted by Gasteiger charge is -2.36. The number of nitrogens with zero attached hydrogens (tertiary/aromatic N) is 1. The molecular weight excluding hydrogens is 421 g/mol. The molecule has 0 N–H and O–H groups in total. The molecule has 2 aromatic carbocycles. The first-order valence-corrected chi connectivity index (χ1v) is 10.7. The normalized spacial score (nSPS) is 16.9. The van der Waals surface area contributed by atoms with Crippen LogP contribution in [-0.2, 0) is 20.8 Å². The van der Waals surface area contributed by atoms with Gasteiger partial charge in [0.2, 0.25) is 0 Å². The summed E-state index contributed by atoms with van der Waals surface area (Å²) in [5, 5.41) is 1.75. The number of halogens is 3. The van der Waals surface area contributed by atoms with Gasteiger partial charge in [0.25, 0.3) is 10.1 Å². The molecule has 26 heavy (non-hydrogen) atoms. The predicted molar refractivity (Wildman–Crippen MR) is 104 cm³/mol. The Morgan fingerprint density at radius 2 is 1.85 bits per heavy atom. The summed E-state index contributed by atoms with van der Waals surface area (Å²) in [6, 6.07) is 10.5. The monoisotopic (exact) mass is 435 g/mol. The Hall–Kier alpha value is -1.18. The molecule has 0 spiro atoms. The molecule has 140 valence electrons. The standard InChI is InChI=1S/C17H16Cl3NO4S/c1-26(22,23)24-10-14-9-21(8-11-6-12(18)2-4-15(11)20)16-7-13(19)3-5-17(16)25-14/h2-7,14H,8-10H2,1H3/t14-/m0/s1. The smallest absolute Gasteiger partial charge is 0.264 e. The van der Waals surface area contributed by atoms with Crippen molar-refractivity contribution in [1.82, 2.24) is 0 Å². The zero-order chi connectivity index (χ0) is 18.9. The third-order valence-electron chi connectivity index (χ3n) is 3.82. The fraction of sp³-hybridized carbons (Fsp3) is 0.294. The quantitative estimate of drug-likeness (QED) is 0.651. The summed E-state index contributed by atoms with van der Waals surface area (Å²) >= 11 is 18.5. The van der Waals surface area contributed by atoms with Crippen molar-refractivity contribution in [3.05, 3.63) is 57.0 Å². The van der Waals surface area contributed by atoms with Crippen molar-refractivity contribution in [2.75, 3.05) is 24.3 Å². The highest BCUT2D eigenvalue weighted by Gasteiger charge is 2.27. The van der Waals surface area contributed by atoms with Gasteiger partial charge in [-0.3, -0.25) is 4.18 Å². The van der Waals surface area contributed by atoms with Crippen LogP contribution in [0, 0.1) is 0 Å². The van der Waals surface area contributed by atoms with Gasteiger partial charge >= 0.3 is 0 Å². The Bertz CT molecular complexity index is 920. The highest BCUT2D eigenvalue weighted by atomic mass is 35.5. The summed E-state index contributed by atoms with van der Waals surface area (Å²) in [7, 11) is -3.55. The summed E-state index contributed by atoms with van der Waals surface area (Å²) in [5.41, 5.74) is 1.64. The minimum atomic E-state index is -3.55. The van der Waals surface area contributed by atoms with Crippen LogP contribution in [0.5, 0.6) is 5.75 Å². The second-order valence-corrected chi connectivity index (χ2v) is 8.88. The number of ether oxygens (including phenoxy) is 1. The summed E-state index contributed by atoms with van der Waals surface area (Å²) in [5.74, 6) is 0.598. The number of benzene rings is 2.